The zero-order valence-corrected chi connectivity index (χ0v) is 10.6. The first-order valence-electron chi connectivity index (χ1n) is 5.09. The van der Waals surface area contributed by atoms with Crippen LogP contribution in [0.15, 0.2) is 0 Å². The van der Waals surface area contributed by atoms with Gasteiger partial charge in [0, 0.05) is 19.4 Å². The maximum atomic E-state index is 11.5. The van der Waals surface area contributed by atoms with Crippen LogP contribution in [0.4, 0.5) is 0 Å². The molecule has 0 aromatic carbocycles. The first-order chi connectivity index (χ1) is 6.76. The van der Waals surface area contributed by atoms with E-state index in [9.17, 15) is 9.59 Å². The molecule has 0 aliphatic rings. The van der Waals surface area contributed by atoms with Crippen molar-refractivity contribution in [3.8, 4) is 0 Å². The molecule has 0 spiro atoms. The van der Waals surface area contributed by atoms with Crippen LogP contribution in [0.25, 0.3) is 0 Å². The van der Waals surface area contributed by atoms with Gasteiger partial charge in [0.05, 0.1) is 5.88 Å². The van der Waals surface area contributed by atoms with Crippen molar-refractivity contribution in [2.75, 3.05) is 12.4 Å². The monoisotopic (exact) mass is 233 g/mol. The summed E-state index contributed by atoms with van der Waals surface area (Å²) in [4.78, 5) is 22.3. The highest BCUT2D eigenvalue weighted by Crippen LogP contribution is 2.24. The molecule has 0 heterocycles. The highest BCUT2D eigenvalue weighted by atomic mass is 35.5. The minimum atomic E-state index is -0.175. The van der Waals surface area contributed by atoms with Crippen LogP contribution in [-0.2, 0) is 9.59 Å². The number of halogens is 1. The first kappa shape index (κ1) is 14.4. The van der Waals surface area contributed by atoms with Gasteiger partial charge in [-0.25, -0.2) is 0 Å². The van der Waals surface area contributed by atoms with E-state index in [2.05, 4.69) is 26.1 Å². The third-order valence-corrected chi connectivity index (χ3v) is 2.31. The largest absolute Gasteiger partial charge is 0.356 e. The lowest BCUT2D eigenvalue weighted by Gasteiger charge is -2.24. The van der Waals surface area contributed by atoms with Crippen LogP contribution in [0.3, 0.4) is 0 Å². The Morgan fingerprint density at radius 1 is 1.33 bits per heavy atom. The Morgan fingerprint density at radius 3 is 2.20 bits per heavy atom. The minimum Gasteiger partial charge on any atom is -0.356 e. The molecule has 3 nitrogen and oxygen atoms in total. The fourth-order valence-electron chi connectivity index (χ4n) is 1.42. The number of ketones is 1. The van der Waals surface area contributed by atoms with Gasteiger partial charge >= 0.3 is 0 Å². The van der Waals surface area contributed by atoms with Crippen LogP contribution >= 0.6 is 11.6 Å². The summed E-state index contributed by atoms with van der Waals surface area (Å²) in [5.74, 6) is -0.275. The number of alkyl halides is 1. The molecule has 0 aliphatic carbocycles. The van der Waals surface area contributed by atoms with E-state index in [-0.39, 0.29) is 28.9 Å². The first-order valence-corrected chi connectivity index (χ1v) is 5.63. The smallest absolute Gasteiger partial charge is 0.216 e. The summed E-state index contributed by atoms with van der Waals surface area (Å²) >= 11 is 5.53. The second-order valence-electron chi connectivity index (χ2n) is 5.00. The van der Waals surface area contributed by atoms with E-state index in [0.717, 1.165) is 6.42 Å². The number of carbonyl (C=O) groups is 2. The molecule has 0 saturated heterocycles. The molecule has 0 radical (unpaired) electrons. The average molecular weight is 234 g/mol. The zero-order valence-electron chi connectivity index (χ0n) is 9.89. The second kappa shape index (κ2) is 6.11. The third-order valence-electron chi connectivity index (χ3n) is 2.04. The van der Waals surface area contributed by atoms with Gasteiger partial charge in [-0.2, -0.15) is 0 Å². The average Bonchev–Trinajstić information content (AvgIpc) is 2.08. The van der Waals surface area contributed by atoms with Gasteiger partial charge in [-0.15, -0.1) is 11.6 Å². The fourth-order valence-corrected chi connectivity index (χ4v) is 1.63. The molecular formula is C11H20ClNO2. The second-order valence-corrected chi connectivity index (χ2v) is 5.27. The molecule has 0 rings (SSSR count). The number of Topliss-reactive ketones (excluding diaryl/α,β-unsaturated/α-hetero) is 1. The molecule has 0 saturated carbocycles. The Labute approximate surface area is 96.6 Å². The summed E-state index contributed by atoms with van der Waals surface area (Å²) in [6.45, 7) is 8.03. The Bertz CT molecular complexity index is 233. The number of carbonyl (C=O) groups excluding carboxylic acids is 2. The van der Waals surface area contributed by atoms with Gasteiger partial charge in [-0.05, 0) is 11.8 Å². The topological polar surface area (TPSA) is 46.2 Å². The lowest BCUT2D eigenvalue weighted by atomic mass is 9.83. The van der Waals surface area contributed by atoms with E-state index in [1.165, 1.54) is 6.92 Å². The number of rotatable bonds is 5. The van der Waals surface area contributed by atoms with Crippen LogP contribution in [0.1, 0.15) is 34.1 Å². The van der Waals surface area contributed by atoms with Crippen molar-refractivity contribution in [1.82, 2.24) is 5.32 Å². The maximum absolute atomic E-state index is 11.5. The van der Waals surface area contributed by atoms with Gasteiger partial charge in [0.15, 0.2) is 5.78 Å². The van der Waals surface area contributed by atoms with Crippen molar-refractivity contribution in [1.29, 1.82) is 0 Å². The molecule has 0 aromatic heterocycles. The van der Waals surface area contributed by atoms with Crippen LogP contribution in [0.2, 0.25) is 0 Å². The molecule has 1 unspecified atom stereocenters. The molecule has 4 heteroatoms. The fraction of sp³-hybridized carbons (Fsp3) is 0.818. The van der Waals surface area contributed by atoms with E-state index >= 15 is 0 Å². The lowest BCUT2D eigenvalue weighted by Crippen LogP contribution is -2.34. The quantitative estimate of drug-likeness (QED) is 0.739. The molecule has 0 fully saturated rings. The molecule has 0 aromatic rings. The summed E-state index contributed by atoms with van der Waals surface area (Å²) in [6.07, 6.45) is 0.735. The molecule has 88 valence electrons. The maximum Gasteiger partial charge on any atom is 0.216 e. The molecule has 1 atom stereocenters. The lowest BCUT2D eigenvalue weighted by molar-refractivity contribution is -0.122. The standard InChI is InChI=1S/C11H20ClNO2/c1-8(14)13-7-9(10(15)6-12)5-11(2,3)4/h9H,5-7H2,1-4H3,(H,13,14). The molecule has 1 amide bonds. The van der Waals surface area contributed by atoms with Crippen molar-refractivity contribution in [2.24, 2.45) is 11.3 Å². The highest BCUT2D eigenvalue weighted by Gasteiger charge is 2.24. The zero-order chi connectivity index (χ0) is 12.1. The Hall–Kier alpha value is -0.570. The summed E-state index contributed by atoms with van der Waals surface area (Å²) in [5.41, 5.74) is 0.0604. The Balaban J connectivity index is 4.32. The molecule has 0 bridgehead atoms. The van der Waals surface area contributed by atoms with Gasteiger partial charge in [0.25, 0.3) is 0 Å². The Kier molecular flexibility index (Phi) is 5.88. The van der Waals surface area contributed by atoms with Crippen molar-refractivity contribution >= 4 is 23.3 Å². The number of hydrogen-bond acceptors (Lipinski definition) is 2. The molecule has 0 aliphatic heterocycles. The van der Waals surface area contributed by atoms with Gasteiger partial charge in [-0.3, -0.25) is 9.59 Å². The van der Waals surface area contributed by atoms with E-state index in [1.54, 1.807) is 0 Å². The third kappa shape index (κ3) is 7.37. The van der Waals surface area contributed by atoms with E-state index in [0.29, 0.717) is 6.54 Å². The molecule has 15 heavy (non-hydrogen) atoms. The van der Waals surface area contributed by atoms with E-state index in [4.69, 9.17) is 11.6 Å². The predicted octanol–water partition coefficient (Wildman–Crippen LogP) is 1.98. The predicted molar refractivity (Wildman–Crippen MR) is 62.0 cm³/mol. The van der Waals surface area contributed by atoms with Crippen molar-refractivity contribution in [3.63, 3.8) is 0 Å². The van der Waals surface area contributed by atoms with Gasteiger partial charge < -0.3 is 5.32 Å². The number of nitrogens with one attached hydrogen (secondary N) is 1. The normalized spacial score (nSPS) is 13.4. The van der Waals surface area contributed by atoms with Crippen molar-refractivity contribution in [2.45, 2.75) is 34.1 Å². The van der Waals surface area contributed by atoms with Crippen LogP contribution in [0, 0.1) is 11.3 Å². The van der Waals surface area contributed by atoms with E-state index < -0.39 is 0 Å². The summed E-state index contributed by atoms with van der Waals surface area (Å²) in [6, 6.07) is 0. The number of amides is 1. The summed E-state index contributed by atoms with van der Waals surface area (Å²) in [7, 11) is 0. The summed E-state index contributed by atoms with van der Waals surface area (Å²) < 4.78 is 0. The van der Waals surface area contributed by atoms with Crippen LogP contribution in [0.5, 0.6) is 0 Å². The SMILES string of the molecule is CC(=O)NCC(CC(C)(C)C)C(=O)CCl. The van der Waals surface area contributed by atoms with Crippen LogP contribution < -0.4 is 5.32 Å². The van der Waals surface area contributed by atoms with E-state index in [1.807, 2.05) is 0 Å². The van der Waals surface area contributed by atoms with Crippen molar-refractivity contribution < 1.29 is 9.59 Å². The number of hydrogen-bond donors (Lipinski definition) is 1. The highest BCUT2D eigenvalue weighted by molar-refractivity contribution is 6.27. The van der Waals surface area contributed by atoms with Gasteiger partial charge in [0.2, 0.25) is 5.91 Å². The van der Waals surface area contributed by atoms with Gasteiger partial charge in [-0.1, -0.05) is 20.8 Å². The van der Waals surface area contributed by atoms with Gasteiger partial charge in [0.1, 0.15) is 0 Å². The molecule has 1 N–H and O–H groups in total. The molecular weight excluding hydrogens is 214 g/mol. The van der Waals surface area contributed by atoms with Crippen molar-refractivity contribution in [3.05, 3.63) is 0 Å². The Morgan fingerprint density at radius 2 is 1.87 bits per heavy atom. The minimum absolute atomic E-state index is 0.000316. The summed E-state index contributed by atoms with van der Waals surface area (Å²) in [5, 5.41) is 2.67. The van der Waals surface area contributed by atoms with Crippen LogP contribution in [-0.4, -0.2) is 24.1 Å².